The van der Waals surface area contributed by atoms with Crippen LogP contribution < -0.4 is 0 Å². The normalized spacial score (nSPS) is 15.1. The average molecular weight is 385 g/mol. The highest BCUT2D eigenvalue weighted by Crippen LogP contribution is 2.26. The van der Waals surface area contributed by atoms with Crippen LogP contribution in [0.5, 0.6) is 0 Å². The molecule has 0 spiro atoms. The topological polar surface area (TPSA) is 97.5 Å². The van der Waals surface area contributed by atoms with Gasteiger partial charge >= 0.3 is 5.97 Å². The van der Waals surface area contributed by atoms with Crippen LogP contribution in [0, 0.1) is 5.82 Å². The van der Waals surface area contributed by atoms with Crippen LogP contribution in [-0.2, 0) is 16.0 Å². The smallest absolute Gasteiger partial charge is 0.303 e. The molecule has 2 N–H and O–H groups in total. The van der Waals surface area contributed by atoms with Gasteiger partial charge in [0.15, 0.2) is 5.65 Å². The van der Waals surface area contributed by atoms with Gasteiger partial charge in [0, 0.05) is 23.6 Å². The highest BCUT2D eigenvalue weighted by molar-refractivity contribution is 5.77. The number of halogens is 1. The third-order valence-electron chi connectivity index (χ3n) is 4.72. The molecule has 28 heavy (non-hydrogen) atoms. The average Bonchev–Trinajstić information content (AvgIpc) is 3.42. The van der Waals surface area contributed by atoms with Crippen LogP contribution in [0.3, 0.4) is 0 Å². The first kappa shape index (κ1) is 18.5. The van der Waals surface area contributed by atoms with Crippen molar-refractivity contribution in [1.29, 1.82) is 0 Å². The van der Waals surface area contributed by atoms with Crippen molar-refractivity contribution >= 4 is 17.0 Å². The number of carboxylic acid groups (broad SMARTS) is 1. The van der Waals surface area contributed by atoms with E-state index in [1.165, 1.54) is 10.7 Å². The van der Waals surface area contributed by atoms with Crippen LogP contribution in [-0.4, -0.2) is 43.7 Å². The lowest BCUT2D eigenvalue weighted by Crippen LogP contribution is -2.09. The van der Waals surface area contributed by atoms with E-state index in [1.54, 1.807) is 30.6 Å². The second-order valence-electron chi connectivity index (χ2n) is 6.96. The quantitative estimate of drug-likeness (QED) is 0.619. The lowest BCUT2D eigenvalue weighted by atomic mass is 10.1. The Morgan fingerprint density at radius 1 is 1.32 bits per heavy atom. The molecule has 0 bridgehead atoms. The Balaban J connectivity index is 1.55. The third kappa shape index (κ3) is 4.02. The molecular weight excluding hydrogens is 365 g/mol. The molecule has 1 fully saturated rings. The van der Waals surface area contributed by atoms with Crippen LogP contribution in [0.15, 0.2) is 36.7 Å². The van der Waals surface area contributed by atoms with Gasteiger partial charge in [0.2, 0.25) is 0 Å². The molecule has 3 aromatic rings. The summed E-state index contributed by atoms with van der Waals surface area (Å²) in [7, 11) is 0. The van der Waals surface area contributed by atoms with E-state index in [9.17, 15) is 14.3 Å². The minimum Gasteiger partial charge on any atom is -0.481 e. The lowest BCUT2D eigenvalue weighted by molar-refractivity contribution is -0.136. The van der Waals surface area contributed by atoms with Crippen LogP contribution in [0.1, 0.15) is 36.5 Å². The van der Waals surface area contributed by atoms with Gasteiger partial charge in [-0.25, -0.2) is 14.1 Å². The van der Waals surface area contributed by atoms with Gasteiger partial charge in [-0.15, -0.1) is 0 Å². The molecule has 1 aromatic carbocycles. The van der Waals surface area contributed by atoms with Gasteiger partial charge in [0.25, 0.3) is 0 Å². The number of aromatic nitrogens is 3. The second-order valence-corrected chi connectivity index (χ2v) is 6.96. The molecule has 1 atom stereocenters. The van der Waals surface area contributed by atoms with Crippen LogP contribution in [0.4, 0.5) is 4.39 Å². The molecule has 7 nitrogen and oxygen atoms in total. The molecule has 1 saturated carbocycles. The van der Waals surface area contributed by atoms with Crippen molar-refractivity contribution in [2.24, 2.45) is 0 Å². The number of carboxylic acids is 1. The molecule has 2 heterocycles. The van der Waals surface area contributed by atoms with E-state index in [-0.39, 0.29) is 25.6 Å². The molecule has 0 aliphatic heterocycles. The maximum atomic E-state index is 14.3. The zero-order valence-electron chi connectivity index (χ0n) is 15.1. The molecule has 1 aliphatic carbocycles. The van der Waals surface area contributed by atoms with Crippen molar-refractivity contribution in [1.82, 2.24) is 14.8 Å². The first-order valence-corrected chi connectivity index (χ1v) is 9.15. The van der Waals surface area contributed by atoms with Gasteiger partial charge in [-0.05, 0) is 43.0 Å². The summed E-state index contributed by atoms with van der Waals surface area (Å²) >= 11 is 0. The number of nitrogens with zero attached hydrogens (tertiary/aromatic N) is 3. The fourth-order valence-corrected chi connectivity index (χ4v) is 2.98. The summed E-state index contributed by atoms with van der Waals surface area (Å²) in [5, 5.41) is 24.0. The van der Waals surface area contributed by atoms with E-state index in [0.29, 0.717) is 22.5 Å². The zero-order valence-corrected chi connectivity index (χ0v) is 15.1. The Hall–Kier alpha value is -2.84. The van der Waals surface area contributed by atoms with Crippen LogP contribution in [0.25, 0.3) is 16.7 Å². The summed E-state index contributed by atoms with van der Waals surface area (Å²) < 4.78 is 21.4. The van der Waals surface area contributed by atoms with Gasteiger partial charge in [-0.2, -0.15) is 5.10 Å². The number of aliphatic hydroxyl groups excluding tert-OH is 1. The fourth-order valence-electron chi connectivity index (χ4n) is 2.98. The standard InChI is InChI=1S/C20H20FN3O4/c21-17-8-15(3-1-12(17)2-6-19(26)27)24-20-14(10-23-24)7-13(9-22-20)18(25)11-28-16-4-5-16/h1,3,7-10,16,18,25H,2,4-6,11H2,(H,26,27)/t18-/m0/s1. The number of carbonyl (C=O) groups is 1. The molecule has 0 unspecified atom stereocenters. The molecule has 146 valence electrons. The number of hydrogen-bond donors (Lipinski definition) is 2. The van der Waals surface area contributed by atoms with E-state index < -0.39 is 17.9 Å². The van der Waals surface area contributed by atoms with Crippen LogP contribution in [0.2, 0.25) is 0 Å². The van der Waals surface area contributed by atoms with Crippen molar-refractivity contribution in [2.75, 3.05) is 6.61 Å². The predicted octanol–water partition coefficient (Wildman–Crippen LogP) is 2.79. The summed E-state index contributed by atoms with van der Waals surface area (Å²) in [4.78, 5) is 15.0. The number of aliphatic hydroxyl groups is 1. The first-order valence-electron chi connectivity index (χ1n) is 9.15. The zero-order chi connectivity index (χ0) is 19.7. The van der Waals surface area contributed by atoms with Gasteiger partial charge in [-0.1, -0.05) is 6.07 Å². The number of aryl methyl sites for hydroxylation is 1. The number of aliphatic carboxylic acids is 1. The summed E-state index contributed by atoms with van der Waals surface area (Å²) in [5.41, 5.74) is 2.01. The maximum absolute atomic E-state index is 14.3. The number of benzene rings is 1. The van der Waals surface area contributed by atoms with Gasteiger partial charge in [0.1, 0.15) is 11.9 Å². The van der Waals surface area contributed by atoms with Crippen molar-refractivity contribution < 1.29 is 24.1 Å². The highest BCUT2D eigenvalue weighted by Gasteiger charge is 2.23. The number of pyridine rings is 1. The number of ether oxygens (including phenoxy) is 1. The highest BCUT2D eigenvalue weighted by atomic mass is 19.1. The largest absolute Gasteiger partial charge is 0.481 e. The Morgan fingerprint density at radius 2 is 2.14 bits per heavy atom. The summed E-state index contributed by atoms with van der Waals surface area (Å²) in [6, 6.07) is 6.36. The third-order valence-corrected chi connectivity index (χ3v) is 4.72. The van der Waals surface area contributed by atoms with Crippen molar-refractivity contribution in [2.45, 2.75) is 37.9 Å². The van der Waals surface area contributed by atoms with E-state index >= 15 is 0 Å². The van der Waals surface area contributed by atoms with Gasteiger partial charge < -0.3 is 14.9 Å². The van der Waals surface area contributed by atoms with E-state index in [2.05, 4.69) is 10.1 Å². The Labute approximate surface area is 160 Å². The summed E-state index contributed by atoms with van der Waals surface area (Å²) in [5.74, 6) is -1.45. The van der Waals surface area contributed by atoms with Crippen molar-refractivity contribution in [3.8, 4) is 5.69 Å². The molecule has 4 rings (SSSR count). The Kier molecular flexibility index (Phi) is 5.06. The monoisotopic (exact) mass is 385 g/mol. The van der Waals surface area contributed by atoms with Crippen molar-refractivity contribution in [3.05, 3.63) is 53.6 Å². The van der Waals surface area contributed by atoms with Gasteiger partial charge in [-0.3, -0.25) is 4.79 Å². The molecule has 0 saturated heterocycles. The summed E-state index contributed by atoms with van der Waals surface area (Å²) in [6.07, 6.45) is 4.77. The van der Waals surface area contributed by atoms with Crippen molar-refractivity contribution in [3.63, 3.8) is 0 Å². The van der Waals surface area contributed by atoms with E-state index in [4.69, 9.17) is 9.84 Å². The Bertz CT molecular complexity index is 1020. The Morgan fingerprint density at radius 3 is 2.86 bits per heavy atom. The van der Waals surface area contributed by atoms with E-state index in [0.717, 1.165) is 18.2 Å². The van der Waals surface area contributed by atoms with Gasteiger partial charge in [0.05, 0.1) is 24.6 Å². The molecule has 0 radical (unpaired) electrons. The van der Waals surface area contributed by atoms with Crippen LogP contribution >= 0.6 is 0 Å². The number of fused-ring (bicyclic) bond motifs is 1. The molecular formula is C20H20FN3O4. The number of hydrogen-bond acceptors (Lipinski definition) is 5. The fraction of sp³-hybridized carbons (Fsp3) is 0.350. The molecule has 1 aliphatic rings. The lowest BCUT2D eigenvalue weighted by Gasteiger charge is -2.11. The summed E-state index contributed by atoms with van der Waals surface area (Å²) in [6.45, 7) is 0.231. The SMILES string of the molecule is O=C(O)CCc1ccc(-n2ncc3cc([C@@H](O)COC4CC4)cnc32)cc1F. The van der Waals surface area contributed by atoms with E-state index in [1.807, 2.05) is 0 Å². The maximum Gasteiger partial charge on any atom is 0.303 e. The second kappa shape index (κ2) is 7.65. The molecule has 0 amide bonds. The predicted molar refractivity (Wildman–Crippen MR) is 98.7 cm³/mol. The molecule has 2 aromatic heterocycles. The molecule has 8 heteroatoms. The number of rotatable bonds is 8. The minimum atomic E-state index is -0.966. The minimum absolute atomic E-state index is 0.127. The first-order chi connectivity index (χ1) is 13.5.